The Bertz CT molecular complexity index is 1040. The number of fused-ring (bicyclic) bond motifs is 1. The standard InChI is InChI=1S/C19H18F3N5O/c1-11-7-9-26(10-8-11)15-4-2-3-14-23-19(25-27(14)15)24-18(28)12-5-6-13(20)17(22)16(12)21/h2-6,11H,7-10H2,1H3,(H,24,25,28). The van der Waals surface area contributed by atoms with Crippen molar-refractivity contribution in [2.24, 2.45) is 5.92 Å². The summed E-state index contributed by atoms with van der Waals surface area (Å²) >= 11 is 0. The fourth-order valence-corrected chi connectivity index (χ4v) is 3.29. The van der Waals surface area contributed by atoms with E-state index in [1.54, 1.807) is 10.6 Å². The van der Waals surface area contributed by atoms with Crippen LogP contribution in [0.4, 0.5) is 24.9 Å². The fourth-order valence-electron chi connectivity index (χ4n) is 3.29. The monoisotopic (exact) mass is 389 g/mol. The Balaban J connectivity index is 1.61. The molecule has 3 aromatic rings. The predicted molar refractivity (Wildman–Crippen MR) is 97.9 cm³/mol. The molecule has 0 bridgehead atoms. The number of carbonyl (C=O) groups excluding carboxylic acids is 1. The summed E-state index contributed by atoms with van der Waals surface area (Å²) in [5.41, 5.74) is -0.111. The Morgan fingerprint density at radius 2 is 1.86 bits per heavy atom. The van der Waals surface area contributed by atoms with E-state index < -0.39 is 28.9 Å². The number of halogens is 3. The molecule has 0 aliphatic carbocycles. The van der Waals surface area contributed by atoms with E-state index in [-0.39, 0.29) is 5.95 Å². The van der Waals surface area contributed by atoms with E-state index in [4.69, 9.17) is 0 Å². The lowest BCUT2D eigenvalue weighted by Crippen LogP contribution is -2.34. The highest BCUT2D eigenvalue weighted by molar-refractivity contribution is 6.03. The highest BCUT2D eigenvalue weighted by Crippen LogP contribution is 2.24. The topological polar surface area (TPSA) is 62.5 Å². The van der Waals surface area contributed by atoms with Gasteiger partial charge in [-0.05, 0) is 43.0 Å². The van der Waals surface area contributed by atoms with Crippen molar-refractivity contribution in [3.05, 3.63) is 53.3 Å². The molecule has 0 radical (unpaired) electrons. The maximum Gasteiger partial charge on any atom is 0.261 e. The second-order valence-electron chi connectivity index (χ2n) is 6.94. The lowest BCUT2D eigenvalue weighted by molar-refractivity contribution is 0.102. The number of benzene rings is 1. The molecule has 0 atom stereocenters. The van der Waals surface area contributed by atoms with Crippen molar-refractivity contribution in [2.75, 3.05) is 23.3 Å². The van der Waals surface area contributed by atoms with Crippen LogP contribution in [0.3, 0.4) is 0 Å². The van der Waals surface area contributed by atoms with Crippen LogP contribution in [0.15, 0.2) is 30.3 Å². The molecule has 2 aromatic heterocycles. The van der Waals surface area contributed by atoms with Crippen LogP contribution in [-0.2, 0) is 0 Å². The fraction of sp³-hybridized carbons (Fsp3) is 0.316. The van der Waals surface area contributed by atoms with Gasteiger partial charge in [-0.2, -0.15) is 9.50 Å². The Hall–Kier alpha value is -3.10. The molecule has 0 unspecified atom stereocenters. The third-order valence-corrected chi connectivity index (χ3v) is 4.95. The van der Waals surface area contributed by atoms with Gasteiger partial charge in [-0.3, -0.25) is 10.1 Å². The van der Waals surface area contributed by atoms with E-state index in [9.17, 15) is 18.0 Å². The first kappa shape index (κ1) is 18.3. The number of anilines is 2. The molecule has 4 rings (SSSR count). The minimum atomic E-state index is -1.70. The average Bonchev–Trinajstić information content (AvgIpc) is 3.09. The summed E-state index contributed by atoms with van der Waals surface area (Å²) in [6.07, 6.45) is 2.15. The molecule has 28 heavy (non-hydrogen) atoms. The second-order valence-corrected chi connectivity index (χ2v) is 6.94. The van der Waals surface area contributed by atoms with Crippen LogP contribution in [0.1, 0.15) is 30.1 Å². The van der Waals surface area contributed by atoms with E-state index in [2.05, 4.69) is 27.2 Å². The summed E-state index contributed by atoms with van der Waals surface area (Å²) < 4.78 is 41.9. The zero-order valence-corrected chi connectivity index (χ0v) is 15.1. The summed E-state index contributed by atoms with van der Waals surface area (Å²) in [4.78, 5) is 18.7. The zero-order chi connectivity index (χ0) is 19.8. The van der Waals surface area contributed by atoms with Gasteiger partial charge in [-0.1, -0.05) is 13.0 Å². The van der Waals surface area contributed by atoms with Gasteiger partial charge < -0.3 is 4.90 Å². The summed E-state index contributed by atoms with van der Waals surface area (Å²) in [7, 11) is 0. The third-order valence-electron chi connectivity index (χ3n) is 4.95. The number of rotatable bonds is 3. The van der Waals surface area contributed by atoms with Gasteiger partial charge in [0.15, 0.2) is 23.1 Å². The van der Waals surface area contributed by atoms with Crippen LogP contribution in [0.5, 0.6) is 0 Å². The van der Waals surface area contributed by atoms with Gasteiger partial charge in [0.05, 0.1) is 5.56 Å². The molecule has 1 aromatic carbocycles. The predicted octanol–water partition coefficient (Wildman–Crippen LogP) is 3.64. The molecule has 1 amide bonds. The van der Waals surface area contributed by atoms with E-state index in [1.165, 1.54) is 0 Å². The number of nitrogens with one attached hydrogen (secondary N) is 1. The molecule has 1 saturated heterocycles. The summed E-state index contributed by atoms with van der Waals surface area (Å²) in [6, 6.07) is 7.06. The molecule has 6 nitrogen and oxygen atoms in total. The van der Waals surface area contributed by atoms with Gasteiger partial charge in [0.1, 0.15) is 5.82 Å². The lowest BCUT2D eigenvalue weighted by Gasteiger charge is -2.31. The van der Waals surface area contributed by atoms with Crippen LogP contribution < -0.4 is 10.2 Å². The molecular formula is C19H18F3N5O. The van der Waals surface area contributed by atoms with E-state index in [0.29, 0.717) is 17.6 Å². The van der Waals surface area contributed by atoms with Gasteiger partial charge in [-0.15, -0.1) is 5.10 Å². The van der Waals surface area contributed by atoms with Gasteiger partial charge in [-0.25, -0.2) is 13.2 Å². The third kappa shape index (κ3) is 3.28. The van der Waals surface area contributed by atoms with E-state index in [1.807, 2.05) is 12.1 Å². The highest BCUT2D eigenvalue weighted by atomic mass is 19.2. The van der Waals surface area contributed by atoms with Crippen molar-refractivity contribution >= 4 is 23.3 Å². The molecule has 0 spiro atoms. The molecular weight excluding hydrogens is 371 g/mol. The summed E-state index contributed by atoms with van der Waals surface area (Å²) in [5, 5.41) is 6.63. The van der Waals surface area contributed by atoms with Crippen LogP contribution in [0, 0.1) is 23.4 Å². The quantitative estimate of drug-likeness (QED) is 0.695. The Kier molecular flexibility index (Phi) is 4.66. The number of pyridine rings is 1. The average molecular weight is 389 g/mol. The van der Waals surface area contributed by atoms with Gasteiger partial charge in [0, 0.05) is 13.1 Å². The van der Waals surface area contributed by atoms with Crippen LogP contribution in [0.2, 0.25) is 0 Å². The normalized spacial score (nSPS) is 15.2. The van der Waals surface area contributed by atoms with Crippen LogP contribution in [0.25, 0.3) is 5.65 Å². The summed E-state index contributed by atoms with van der Waals surface area (Å²) in [5.74, 6) is -4.10. The minimum Gasteiger partial charge on any atom is -0.356 e. The Morgan fingerprint density at radius 1 is 1.11 bits per heavy atom. The van der Waals surface area contributed by atoms with E-state index >= 15 is 0 Å². The molecule has 1 N–H and O–H groups in total. The van der Waals surface area contributed by atoms with Gasteiger partial charge in [0.25, 0.3) is 5.91 Å². The first-order chi connectivity index (χ1) is 13.4. The van der Waals surface area contributed by atoms with Crippen LogP contribution in [-0.4, -0.2) is 33.6 Å². The number of hydrogen-bond donors (Lipinski definition) is 1. The van der Waals surface area contributed by atoms with Gasteiger partial charge in [0.2, 0.25) is 5.95 Å². The van der Waals surface area contributed by atoms with Crippen molar-refractivity contribution < 1.29 is 18.0 Å². The lowest BCUT2D eigenvalue weighted by atomic mass is 9.99. The number of piperidine rings is 1. The number of carbonyl (C=O) groups is 1. The van der Waals surface area contributed by atoms with Crippen molar-refractivity contribution in [3.63, 3.8) is 0 Å². The maximum atomic E-state index is 13.8. The largest absolute Gasteiger partial charge is 0.356 e. The Labute approximate surface area is 159 Å². The van der Waals surface area contributed by atoms with Gasteiger partial charge >= 0.3 is 0 Å². The van der Waals surface area contributed by atoms with Crippen molar-refractivity contribution in [2.45, 2.75) is 19.8 Å². The molecule has 3 heterocycles. The second kappa shape index (κ2) is 7.14. The van der Waals surface area contributed by atoms with Crippen LogP contribution >= 0.6 is 0 Å². The summed E-state index contributed by atoms with van der Waals surface area (Å²) in [6.45, 7) is 4.00. The molecule has 146 valence electrons. The minimum absolute atomic E-state index is 0.0491. The number of nitrogens with zero attached hydrogens (tertiary/aromatic N) is 4. The van der Waals surface area contributed by atoms with Crippen molar-refractivity contribution in [3.8, 4) is 0 Å². The number of hydrogen-bond acceptors (Lipinski definition) is 4. The zero-order valence-electron chi connectivity index (χ0n) is 15.1. The smallest absolute Gasteiger partial charge is 0.261 e. The SMILES string of the molecule is CC1CCN(c2cccc3nc(NC(=O)c4ccc(F)c(F)c4F)nn23)CC1. The molecule has 1 fully saturated rings. The van der Waals surface area contributed by atoms with Crippen molar-refractivity contribution in [1.29, 1.82) is 0 Å². The highest BCUT2D eigenvalue weighted by Gasteiger charge is 2.22. The molecule has 0 saturated carbocycles. The van der Waals surface area contributed by atoms with Crippen molar-refractivity contribution in [1.82, 2.24) is 14.6 Å². The Morgan fingerprint density at radius 3 is 2.61 bits per heavy atom. The molecule has 9 heteroatoms. The number of amides is 1. The maximum absolute atomic E-state index is 13.8. The first-order valence-electron chi connectivity index (χ1n) is 8.99. The molecule has 1 aliphatic rings. The first-order valence-corrected chi connectivity index (χ1v) is 8.99. The molecule has 1 aliphatic heterocycles. The van der Waals surface area contributed by atoms with E-state index in [0.717, 1.165) is 37.8 Å². The number of aromatic nitrogens is 3.